The van der Waals surface area contributed by atoms with Crippen LogP contribution in [0.3, 0.4) is 0 Å². The van der Waals surface area contributed by atoms with Crippen LogP contribution in [0.25, 0.3) is 0 Å². The summed E-state index contributed by atoms with van der Waals surface area (Å²) in [5.74, 6) is -5.36. The molecule has 3 fully saturated rings. The molecule has 1 heterocycles. The first kappa shape index (κ1) is 42.9. The zero-order valence-corrected chi connectivity index (χ0v) is 33.9. The highest BCUT2D eigenvalue weighted by Gasteiger charge is 2.78. The van der Waals surface area contributed by atoms with Crippen LogP contribution in [-0.2, 0) is 38.1 Å². The molecule has 4 aliphatic rings. The van der Waals surface area contributed by atoms with Crippen LogP contribution in [0.2, 0.25) is 0 Å². The van der Waals surface area contributed by atoms with Gasteiger partial charge in [0.25, 0.3) is 0 Å². The van der Waals surface area contributed by atoms with Gasteiger partial charge in [0.15, 0.2) is 17.5 Å². The van der Waals surface area contributed by atoms with Crippen LogP contribution >= 0.6 is 0 Å². The molecular formula is C43H53NO14. The fourth-order valence-corrected chi connectivity index (χ4v) is 9.56. The maximum Gasteiger partial charge on any atom is 0.408 e. The van der Waals surface area contributed by atoms with E-state index in [1.54, 1.807) is 83.1 Å². The summed E-state index contributed by atoms with van der Waals surface area (Å²) in [4.78, 5) is 68.9. The molecule has 0 aromatic heterocycles. The minimum absolute atomic E-state index is 0.0637. The zero-order valence-electron chi connectivity index (χ0n) is 33.9. The Bertz CT molecular complexity index is 1980. The highest BCUT2D eigenvalue weighted by Crippen LogP contribution is 2.64. The molecule has 2 aromatic rings. The normalized spacial score (nSPS) is 33.7. The van der Waals surface area contributed by atoms with Crippen molar-refractivity contribution in [1.29, 1.82) is 0 Å². The molecule has 3 aliphatic carbocycles. The number of Topliss-reactive ketones (excluding diaryl/α,β-unsaturated/α-hetero) is 1. The fourth-order valence-electron chi connectivity index (χ4n) is 9.56. The van der Waals surface area contributed by atoms with Gasteiger partial charge in [-0.2, -0.15) is 0 Å². The second-order valence-electron chi connectivity index (χ2n) is 17.6. The number of ketones is 1. The van der Waals surface area contributed by atoms with E-state index < -0.39 is 112 Å². The van der Waals surface area contributed by atoms with E-state index in [-0.39, 0.29) is 29.7 Å². The van der Waals surface area contributed by atoms with E-state index in [1.165, 1.54) is 26.0 Å². The minimum atomic E-state index is -2.35. The second kappa shape index (κ2) is 15.2. The summed E-state index contributed by atoms with van der Waals surface area (Å²) in [6.45, 7) is 11.8. The number of nitrogens with one attached hydrogen (secondary N) is 1. The Labute approximate surface area is 336 Å². The lowest BCUT2D eigenvalue weighted by Crippen LogP contribution is -2.81. The lowest BCUT2D eigenvalue weighted by atomic mass is 9.44. The van der Waals surface area contributed by atoms with Gasteiger partial charge in [-0.05, 0) is 63.5 Å². The van der Waals surface area contributed by atoms with Crippen LogP contribution in [-0.4, -0.2) is 110 Å². The molecule has 15 heteroatoms. The monoisotopic (exact) mass is 807 g/mol. The number of hydrogen-bond acceptors (Lipinski definition) is 14. The topological polar surface area (TPSA) is 224 Å². The van der Waals surface area contributed by atoms with Gasteiger partial charge < -0.3 is 49.4 Å². The van der Waals surface area contributed by atoms with Crippen molar-refractivity contribution < 1.29 is 68.1 Å². The Hall–Kier alpha value is -4.67. The summed E-state index contributed by atoms with van der Waals surface area (Å²) in [6.07, 6.45) is -11.5. The lowest BCUT2D eigenvalue weighted by Gasteiger charge is -2.67. The van der Waals surface area contributed by atoms with E-state index >= 15 is 0 Å². The number of amides is 1. The van der Waals surface area contributed by atoms with Gasteiger partial charge in [-0.1, -0.05) is 62.4 Å². The number of fused-ring (bicyclic) bond motifs is 5. The van der Waals surface area contributed by atoms with Crippen molar-refractivity contribution in [2.24, 2.45) is 16.7 Å². The molecule has 2 bridgehead atoms. The summed E-state index contributed by atoms with van der Waals surface area (Å²) >= 11 is 0. The molecule has 1 amide bonds. The van der Waals surface area contributed by atoms with Crippen LogP contribution < -0.4 is 5.32 Å². The van der Waals surface area contributed by atoms with Crippen molar-refractivity contribution >= 4 is 29.8 Å². The highest BCUT2D eigenvalue weighted by molar-refractivity contribution is 5.94. The molecule has 11 atom stereocenters. The Morgan fingerprint density at radius 1 is 0.948 bits per heavy atom. The Balaban J connectivity index is 1.49. The first-order chi connectivity index (χ1) is 27.0. The van der Waals surface area contributed by atoms with Crippen LogP contribution in [0.15, 0.2) is 71.8 Å². The molecule has 2 saturated carbocycles. The quantitative estimate of drug-likeness (QED) is 0.147. The SMILES string of the molecule is CC(=O)O[C@]12CO[C@@H]1C[C@H](O)[C@]1(C)C(=O)[C@H](O)C3=C(C)[C@H](OC(=O)[C@H](O)[C@H](NC(=O)OC(C)(C)C)c4ccccc4)C[C@@](O)([C@H](OC(=O)c4ccccc4)[C@@H]21)C3(C)C. The maximum atomic E-state index is 14.9. The summed E-state index contributed by atoms with van der Waals surface area (Å²) in [5, 5.41) is 51.6. The third-order valence-corrected chi connectivity index (χ3v) is 12.6. The van der Waals surface area contributed by atoms with Gasteiger partial charge in [-0.15, -0.1) is 0 Å². The molecule has 0 spiro atoms. The number of carbonyl (C=O) groups is 5. The van der Waals surface area contributed by atoms with Gasteiger partial charge in [-0.3, -0.25) is 9.59 Å². The molecule has 6 rings (SSSR count). The third-order valence-electron chi connectivity index (χ3n) is 12.6. The maximum absolute atomic E-state index is 14.9. The third kappa shape index (κ3) is 7.10. The molecule has 2 aromatic carbocycles. The Kier molecular flexibility index (Phi) is 11.2. The molecule has 1 aliphatic heterocycles. The van der Waals surface area contributed by atoms with Crippen molar-refractivity contribution in [3.63, 3.8) is 0 Å². The number of aliphatic hydroxyl groups excluding tert-OH is 3. The standard InChI is InChI=1S/C43H53NO14/c1-22-26(55-37(51)32(48)30(24-15-11-9-12-16-24)44-38(52)58-39(3,4)5)20-43(53)35(56-36(50)25-17-13-10-14-18-25)33-41(8,34(49)31(47)29(22)40(43,6)7)27(46)19-28-42(33,21-54-28)57-23(2)45/h9-18,26-28,30-33,35,46-48,53H,19-21H2,1-8H3,(H,44,52)/t26-,27+,28-,30-,31-,32-,33-,35-,41+,42-,43-/m1/s1. The van der Waals surface area contributed by atoms with Gasteiger partial charge >= 0.3 is 24.0 Å². The van der Waals surface area contributed by atoms with E-state index in [0.717, 1.165) is 6.92 Å². The first-order valence-corrected chi connectivity index (χ1v) is 19.3. The van der Waals surface area contributed by atoms with Crippen molar-refractivity contribution in [3.05, 3.63) is 82.9 Å². The molecule has 314 valence electrons. The number of ether oxygens (including phenoxy) is 5. The van der Waals surface area contributed by atoms with Gasteiger partial charge in [0, 0.05) is 25.2 Å². The van der Waals surface area contributed by atoms with E-state index in [4.69, 9.17) is 23.7 Å². The van der Waals surface area contributed by atoms with E-state index in [1.807, 2.05) is 0 Å². The predicted octanol–water partition coefficient (Wildman–Crippen LogP) is 3.26. The van der Waals surface area contributed by atoms with Crippen LogP contribution in [0, 0.1) is 16.7 Å². The molecule has 0 radical (unpaired) electrons. The number of alkyl carbamates (subject to hydrolysis) is 1. The van der Waals surface area contributed by atoms with Crippen molar-refractivity contribution in [2.45, 2.75) is 128 Å². The van der Waals surface area contributed by atoms with Gasteiger partial charge in [0.1, 0.15) is 35.6 Å². The zero-order chi connectivity index (χ0) is 42.7. The van der Waals surface area contributed by atoms with Gasteiger partial charge in [0.05, 0.1) is 35.6 Å². The molecule has 1 saturated heterocycles. The Morgan fingerprint density at radius 3 is 2.10 bits per heavy atom. The molecule has 5 N–H and O–H groups in total. The van der Waals surface area contributed by atoms with Gasteiger partial charge in [0.2, 0.25) is 0 Å². The molecule has 15 nitrogen and oxygen atoms in total. The summed E-state index contributed by atoms with van der Waals surface area (Å²) in [7, 11) is 0. The number of benzene rings is 2. The van der Waals surface area contributed by atoms with Gasteiger partial charge in [-0.25, -0.2) is 14.4 Å². The number of aliphatic hydroxyl groups is 4. The number of esters is 3. The van der Waals surface area contributed by atoms with E-state index in [0.29, 0.717) is 5.56 Å². The minimum Gasteiger partial charge on any atom is -0.456 e. The predicted molar refractivity (Wildman–Crippen MR) is 204 cm³/mol. The first-order valence-electron chi connectivity index (χ1n) is 19.3. The number of carbonyl (C=O) groups excluding carboxylic acids is 5. The summed E-state index contributed by atoms with van der Waals surface area (Å²) < 4.78 is 29.5. The average Bonchev–Trinajstić information content (AvgIpc) is 3.14. The Morgan fingerprint density at radius 2 is 1.55 bits per heavy atom. The highest BCUT2D eigenvalue weighted by atomic mass is 16.6. The van der Waals surface area contributed by atoms with Crippen LogP contribution in [0.4, 0.5) is 4.79 Å². The van der Waals surface area contributed by atoms with Crippen molar-refractivity contribution in [1.82, 2.24) is 5.32 Å². The molecular weight excluding hydrogens is 754 g/mol. The lowest BCUT2D eigenvalue weighted by molar-refractivity contribution is -0.346. The fraction of sp³-hybridized carbons (Fsp3) is 0.558. The average molecular weight is 808 g/mol. The smallest absolute Gasteiger partial charge is 0.408 e. The second-order valence-corrected chi connectivity index (χ2v) is 17.6. The van der Waals surface area contributed by atoms with Crippen LogP contribution in [0.1, 0.15) is 90.2 Å². The van der Waals surface area contributed by atoms with E-state index in [9.17, 15) is 44.4 Å². The largest absolute Gasteiger partial charge is 0.456 e. The molecule has 0 unspecified atom stereocenters. The van der Waals surface area contributed by atoms with Crippen molar-refractivity contribution in [2.75, 3.05) is 6.61 Å². The summed E-state index contributed by atoms with van der Waals surface area (Å²) in [6, 6.07) is 14.6. The summed E-state index contributed by atoms with van der Waals surface area (Å²) in [5.41, 5.74) is -8.14. The van der Waals surface area contributed by atoms with Crippen molar-refractivity contribution in [3.8, 4) is 0 Å². The number of hydrogen-bond donors (Lipinski definition) is 5. The van der Waals surface area contributed by atoms with E-state index in [2.05, 4.69) is 5.32 Å². The van der Waals surface area contributed by atoms with Crippen LogP contribution in [0.5, 0.6) is 0 Å². The molecule has 58 heavy (non-hydrogen) atoms. The number of rotatable bonds is 8.